The maximum absolute atomic E-state index is 13.9. The predicted molar refractivity (Wildman–Crippen MR) is 176 cm³/mol. The van der Waals surface area contributed by atoms with Crippen molar-refractivity contribution < 1.29 is 41.4 Å². The quantitative estimate of drug-likeness (QED) is 0.170. The minimum absolute atomic E-state index is 0.0703. The van der Waals surface area contributed by atoms with Crippen LogP contribution in [0.3, 0.4) is 0 Å². The van der Waals surface area contributed by atoms with E-state index in [9.17, 15) is 36.7 Å². The van der Waals surface area contributed by atoms with Crippen LogP contribution in [0.2, 0.25) is 0 Å². The Balaban J connectivity index is 1.07. The Morgan fingerprint density at radius 3 is 2.42 bits per heavy atom. The SMILES string of the molecule is COc1cc([C@H]2c3sc(=O)[nH]c3SC3C4CC(C5C(=O)N(c6ccc(F)cc6)C(=O)C45)C32)ccc1OCC(=O)Nc1ccccc1C(F)(F)F. The largest absolute Gasteiger partial charge is 0.493 e. The number of amides is 3. The van der Waals surface area contributed by atoms with E-state index in [4.69, 9.17) is 9.47 Å². The number of thioether (sulfide) groups is 1. The molecule has 3 amide bonds. The summed E-state index contributed by atoms with van der Waals surface area (Å²) in [5, 5.41) is 2.90. The summed E-state index contributed by atoms with van der Waals surface area (Å²) < 4.78 is 65.2. The molecule has 4 aliphatic rings. The molecule has 3 aromatic carbocycles. The zero-order chi connectivity index (χ0) is 35.1. The lowest BCUT2D eigenvalue weighted by Gasteiger charge is -2.43. The van der Waals surface area contributed by atoms with E-state index in [0.717, 1.165) is 38.9 Å². The Bertz CT molecular complexity index is 2100. The maximum atomic E-state index is 13.9. The lowest BCUT2D eigenvalue weighted by Crippen LogP contribution is -2.42. The van der Waals surface area contributed by atoms with Gasteiger partial charge in [0, 0.05) is 16.0 Å². The molecule has 8 rings (SSSR count). The van der Waals surface area contributed by atoms with Gasteiger partial charge >= 0.3 is 11.0 Å². The van der Waals surface area contributed by atoms with Gasteiger partial charge in [-0.15, -0.1) is 11.8 Å². The molecule has 0 spiro atoms. The Hall–Kier alpha value is -4.63. The molecule has 7 atom stereocenters. The van der Waals surface area contributed by atoms with Crippen LogP contribution in [0.15, 0.2) is 76.6 Å². The summed E-state index contributed by atoms with van der Waals surface area (Å²) in [7, 11) is 1.42. The highest BCUT2D eigenvalue weighted by Crippen LogP contribution is 2.68. The molecule has 2 aliphatic heterocycles. The first-order chi connectivity index (χ1) is 23.9. The smallest absolute Gasteiger partial charge is 0.418 e. The summed E-state index contributed by atoms with van der Waals surface area (Å²) in [4.78, 5) is 57.7. The van der Waals surface area contributed by atoms with Crippen molar-refractivity contribution in [3.8, 4) is 11.5 Å². The number of ether oxygens (including phenoxy) is 2. The Kier molecular flexibility index (Phi) is 7.82. The summed E-state index contributed by atoms with van der Waals surface area (Å²) in [6.07, 6.45) is -3.98. The fourth-order valence-corrected chi connectivity index (χ4v) is 11.3. The number of fused-ring (bicyclic) bond motifs is 9. The van der Waals surface area contributed by atoms with Crippen LogP contribution in [0, 0.1) is 35.4 Å². The van der Waals surface area contributed by atoms with Gasteiger partial charge in [-0.3, -0.25) is 24.1 Å². The number of halogens is 4. The van der Waals surface area contributed by atoms with Gasteiger partial charge in [0.1, 0.15) is 5.82 Å². The number of benzene rings is 3. The molecule has 258 valence electrons. The van der Waals surface area contributed by atoms with Crippen LogP contribution in [-0.2, 0) is 20.6 Å². The van der Waals surface area contributed by atoms with E-state index in [0.29, 0.717) is 12.1 Å². The van der Waals surface area contributed by atoms with Crippen LogP contribution in [-0.4, -0.2) is 41.7 Å². The van der Waals surface area contributed by atoms with Gasteiger partial charge in [-0.05, 0) is 78.3 Å². The number of rotatable bonds is 7. The lowest BCUT2D eigenvalue weighted by atomic mass is 9.68. The van der Waals surface area contributed by atoms with Crippen LogP contribution in [0.5, 0.6) is 11.5 Å². The number of H-pyrrole nitrogens is 1. The fourth-order valence-electron chi connectivity index (χ4n) is 8.40. The normalized spacial score (nSPS) is 26.4. The first-order valence-electron chi connectivity index (χ1n) is 15.7. The number of hydrogen-bond donors (Lipinski definition) is 2. The van der Waals surface area contributed by atoms with Gasteiger partial charge < -0.3 is 19.8 Å². The number of nitrogens with zero attached hydrogens (tertiary/aromatic N) is 1. The number of methoxy groups -OCH3 is 1. The van der Waals surface area contributed by atoms with E-state index in [1.165, 1.54) is 48.4 Å². The van der Waals surface area contributed by atoms with Crippen molar-refractivity contribution >= 4 is 52.2 Å². The zero-order valence-corrected chi connectivity index (χ0v) is 27.7. The van der Waals surface area contributed by atoms with Crippen molar-refractivity contribution in [1.29, 1.82) is 0 Å². The standard InChI is InChI=1S/C35H27F4N3O6S2/c1-47-23-12-15(6-11-22(23)48-14-24(43)40-21-5-3-2-4-20(21)35(37,38)39)25-26-18-13-19(29(26)49-31-30(25)50-34(46)41-31)28-27(18)32(44)42(33(28)45)17-9-7-16(36)8-10-17/h2-12,18-19,25-29H,13-14H2,1H3,(H,40,43)(H,41,46)/t18?,19?,25-,26?,27?,28?,29?/m1/s1. The predicted octanol–water partition coefficient (Wildman–Crippen LogP) is 6.30. The minimum atomic E-state index is -4.66. The number of aromatic amines is 1. The molecular formula is C35H27F4N3O6S2. The number of carbonyl (C=O) groups is 3. The number of para-hydroxylation sites is 1. The van der Waals surface area contributed by atoms with E-state index < -0.39 is 47.6 Å². The van der Waals surface area contributed by atoms with Crippen molar-refractivity contribution in [1.82, 2.24) is 4.98 Å². The first kappa shape index (κ1) is 32.6. The first-order valence-corrected chi connectivity index (χ1v) is 17.4. The average molecular weight is 726 g/mol. The van der Waals surface area contributed by atoms with Gasteiger partial charge in [0.2, 0.25) is 11.8 Å². The Morgan fingerprint density at radius 2 is 1.70 bits per heavy atom. The van der Waals surface area contributed by atoms with E-state index in [2.05, 4.69) is 10.3 Å². The van der Waals surface area contributed by atoms with Crippen molar-refractivity contribution in [2.24, 2.45) is 29.6 Å². The van der Waals surface area contributed by atoms with Gasteiger partial charge in [-0.25, -0.2) is 4.39 Å². The topological polar surface area (TPSA) is 118 Å². The van der Waals surface area contributed by atoms with Crippen LogP contribution in [0.4, 0.5) is 28.9 Å². The third-order valence-electron chi connectivity index (χ3n) is 10.2. The maximum Gasteiger partial charge on any atom is 0.418 e. The highest BCUT2D eigenvalue weighted by atomic mass is 32.2. The molecule has 15 heteroatoms. The van der Waals surface area contributed by atoms with Gasteiger partial charge in [0.05, 0.1) is 40.9 Å². The molecule has 9 nitrogen and oxygen atoms in total. The number of imide groups is 1. The summed E-state index contributed by atoms with van der Waals surface area (Å²) in [5.74, 6) is -3.20. The molecule has 1 aromatic heterocycles. The van der Waals surface area contributed by atoms with E-state index >= 15 is 0 Å². The monoisotopic (exact) mass is 725 g/mol. The summed E-state index contributed by atoms with van der Waals surface area (Å²) in [5.41, 5.74) is -0.257. The lowest BCUT2D eigenvalue weighted by molar-refractivity contribution is -0.137. The molecule has 2 bridgehead atoms. The summed E-state index contributed by atoms with van der Waals surface area (Å²) in [6, 6.07) is 15.1. The summed E-state index contributed by atoms with van der Waals surface area (Å²) >= 11 is 2.64. The molecule has 0 radical (unpaired) electrons. The number of nitrogens with one attached hydrogen (secondary N) is 2. The van der Waals surface area contributed by atoms with Gasteiger partial charge in [0.15, 0.2) is 18.1 Å². The second kappa shape index (κ2) is 12.0. The second-order valence-corrected chi connectivity index (χ2v) is 14.9. The molecular weight excluding hydrogens is 699 g/mol. The molecule has 6 unspecified atom stereocenters. The van der Waals surface area contributed by atoms with Crippen molar-refractivity contribution in [2.75, 3.05) is 23.9 Å². The van der Waals surface area contributed by atoms with E-state index in [1.54, 1.807) is 30.0 Å². The van der Waals surface area contributed by atoms with Crippen LogP contribution in [0.1, 0.15) is 28.3 Å². The third kappa shape index (κ3) is 5.20. The molecule has 3 fully saturated rings. The van der Waals surface area contributed by atoms with Crippen molar-refractivity contribution in [3.63, 3.8) is 0 Å². The molecule has 2 saturated carbocycles. The molecule has 2 aliphatic carbocycles. The zero-order valence-electron chi connectivity index (χ0n) is 26.0. The van der Waals surface area contributed by atoms with Crippen molar-refractivity contribution in [2.45, 2.75) is 28.8 Å². The molecule has 4 aromatic rings. The number of hydrogen-bond acceptors (Lipinski definition) is 8. The van der Waals surface area contributed by atoms with Crippen LogP contribution < -0.4 is 24.6 Å². The molecule has 2 N–H and O–H groups in total. The Labute approximate surface area is 290 Å². The molecule has 1 saturated heterocycles. The minimum Gasteiger partial charge on any atom is -0.493 e. The second-order valence-electron chi connectivity index (χ2n) is 12.7. The molecule has 50 heavy (non-hydrogen) atoms. The van der Waals surface area contributed by atoms with Gasteiger partial charge in [0.25, 0.3) is 5.91 Å². The number of alkyl halides is 3. The molecule has 3 heterocycles. The highest BCUT2D eigenvalue weighted by molar-refractivity contribution is 8.00. The third-order valence-corrected chi connectivity index (χ3v) is 12.8. The number of carbonyl (C=O) groups excluding carboxylic acids is 3. The van der Waals surface area contributed by atoms with E-state index in [1.807, 2.05) is 0 Å². The Morgan fingerprint density at radius 1 is 0.980 bits per heavy atom. The van der Waals surface area contributed by atoms with E-state index in [-0.39, 0.29) is 57.1 Å². The van der Waals surface area contributed by atoms with Crippen molar-refractivity contribution in [3.05, 3.63) is 98.2 Å². The van der Waals surface area contributed by atoms with Gasteiger partial charge in [-0.2, -0.15) is 13.2 Å². The number of thiazole rings is 1. The highest BCUT2D eigenvalue weighted by Gasteiger charge is 2.69. The number of anilines is 2. The summed E-state index contributed by atoms with van der Waals surface area (Å²) in [6.45, 7) is -0.593. The van der Waals surface area contributed by atoms with Crippen LogP contribution in [0.25, 0.3) is 0 Å². The number of aromatic nitrogens is 1. The fraction of sp³-hybridized carbons (Fsp3) is 0.314. The average Bonchev–Trinajstić information content (AvgIpc) is 3.82. The van der Waals surface area contributed by atoms with Gasteiger partial charge in [-0.1, -0.05) is 29.5 Å². The van der Waals surface area contributed by atoms with Crippen LogP contribution >= 0.6 is 23.1 Å².